The third-order valence-corrected chi connectivity index (χ3v) is 6.06. The Morgan fingerprint density at radius 1 is 1.36 bits per heavy atom. The molecule has 0 radical (unpaired) electrons. The number of halogens is 1. The Morgan fingerprint density at radius 2 is 2.20 bits per heavy atom. The number of nitrogens with zero attached hydrogens (tertiary/aromatic N) is 3. The standard InChI is InChI=1S/C17H20FN3O3S/c1-2-25(22,23)21-8-4-5-13(12-21)16-10-19-11-17(20-16)24-15-7-3-6-14(18)9-15/h3,6-7,9-11,13H,2,4-5,8,12H2,1H3. The van der Waals surface area contributed by atoms with Gasteiger partial charge < -0.3 is 4.74 Å². The highest BCUT2D eigenvalue weighted by Gasteiger charge is 2.29. The summed E-state index contributed by atoms with van der Waals surface area (Å²) >= 11 is 0. The summed E-state index contributed by atoms with van der Waals surface area (Å²) in [6, 6.07) is 5.79. The number of rotatable bonds is 5. The maximum Gasteiger partial charge on any atom is 0.238 e. The SMILES string of the molecule is CCS(=O)(=O)N1CCCC(c2cncc(Oc3cccc(F)c3)n2)C1. The van der Waals surface area contributed by atoms with Crippen LogP contribution in [0.3, 0.4) is 0 Å². The zero-order valence-corrected chi connectivity index (χ0v) is 14.7. The van der Waals surface area contributed by atoms with Gasteiger partial charge in [0.15, 0.2) is 0 Å². The summed E-state index contributed by atoms with van der Waals surface area (Å²) in [5, 5.41) is 0. The summed E-state index contributed by atoms with van der Waals surface area (Å²) in [4.78, 5) is 8.57. The largest absolute Gasteiger partial charge is 0.437 e. The lowest BCUT2D eigenvalue weighted by Gasteiger charge is -2.31. The average molecular weight is 365 g/mol. The van der Waals surface area contributed by atoms with Crippen molar-refractivity contribution < 1.29 is 17.5 Å². The lowest BCUT2D eigenvalue weighted by molar-refractivity contribution is 0.311. The molecule has 2 heterocycles. The van der Waals surface area contributed by atoms with Crippen molar-refractivity contribution >= 4 is 10.0 Å². The van der Waals surface area contributed by atoms with Crippen LogP contribution >= 0.6 is 0 Å². The fraction of sp³-hybridized carbons (Fsp3) is 0.412. The Hall–Kier alpha value is -2.06. The normalized spacial score (nSPS) is 18.9. The zero-order chi connectivity index (χ0) is 17.9. The first-order chi connectivity index (χ1) is 12.0. The molecule has 0 spiro atoms. The summed E-state index contributed by atoms with van der Waals surface area (Å²) in [5.41, 5.74) is 0.685. The highest BCUT2D eigenvalue weighted by Crippen LogP contribution is 2.28. The lowest BCUT2D eigenvalue weighted by atomic mass is 9.96. The third-order valence-electron chi connectivity index (χ3n) is 4.21. The second-order valence-electron chi connectivity index (χ2n) is 5.94. The van der Waals surface area contributed by atoms with E-state index in [1.54, 1.807) is 25.3 Å². The van der Waals surface area contributed by atoms with Crippen LogP contribution in [0.25, 0.3) is 0 Å². The van der Waals surface area contributed by atoms with Gasteiger partial charge in [0, 0.05) is 31.3 Å². The van der Waals surface area contributed by atoms with Crippen LogP contribution < -0.4 is 4.74 Å². The van der Waals surface area contributed by atoms with Crippen LogP contribution in [0.4, 0.5) is 4.39 Å². The van der Waals surface area contributed by atoms with Gasteiger partial charge in [0.1, 0.15) is 11.6 Å². The fourth-order valence-electron chi connectivity index (χ4n) is 2.88. The van der Waals surface area contributed by atoms with Gasteiger partial charge in [0.2, 0.25) is 15.9 Å². The van der Waals surface area contributed by atoms with E-state index in [-0.39, 0.29) is 17.6 Å². The molecule has 0 N–H and O–H groups in total. The average Bonchev–Trinajstić information content (AvgIpc) is 2.62. The quantitative estimate of drug-likeness (QED) is 0.815. The third kappa shape index (κ3) is 4.32. The minimum absolute atomic E-state index is 0.0290. The predicted octanol–water partition coefficient (Wildman–Crippen LogP) is 2.94. The first-order valence-electron chi connectivity index (χ1n) is 8.21. The molecule has 3 rings (SSSR count). The Kier molecular flexibility index (Phi) is 5.29. The summed E-state index contributed by atoms with van der Waals surface area (Å²) in [6.45, 7) is 2.58. The smallest absolute Gasteiger partial charge is 0.238 e. The molecule has 6 nitrogen and oxygen atoms in total. The van der Waals surface area contributed by atoms with E-state index in [2.05, 4.69) is 9.97 Å². The van der Waals surface area contributed by atoms with Crippen molar-refractivity contribution in [3.8, 4) is 11.6 Å². The summed E-state index contributed by atoms with van der Waals surface area (Å²) in [5.74, 6) is 0.269. The van der Waals surface area contributed by atoms with Gasteiger partial charge in [-0.2, -0.15) is 0 Å². The molecule has 0 saturated carbocycles. The molecule has 1 unspecified atom stereocenters. The molecule has 1 aromatic heterocycles. The fourth-order valence-corrected chi connectivity index (χ4v) is 4.06. The molecule has 1 aliphatic heterocycles. The van der Waals surface area contributed by atoms with E-state index in [1.165, 1.54) is 22.6 Å². The molecule has 0 bridgehead atoms. The van der Waals surface area contributed by atoms with Crippen LogP contribution in [-0.4, -0.2) is 41.5 Å². The Balaban J connectivity index is 1.77. The molecule has 1 saturated heterocycles. The number of aromatic nitrogens is 2. The highest BCUT2D eigenvalue weighted by molar-refractivity contribution is 7.89. The van der Waals surface area contributed by atoms with Crippen molar-refractivity contribution in [2.45, 2.75) is 25.7 Å². The van der Waals surface area contributed by atoms with Gasteiger partial charge in [-0.25, -0.2) is 22.1 Å². The molecule has 1 aromatic carbocycles. The van der Waals surface area contributed by atoms with E-state index in [9.17, 15) is 12.8 Å². The monoisotopic (exact) mass is 365 g/mol. The lowest BCUT2D eigenvalue weighted by Crippen LogP contribution is -2.40. The minimum atomic E-state index is -3.21. The molecule has 0 amide bonds. The summed E-state index contributed by atoms with van der Waals surface area (Å²) < 4.78 is 44.5. The van der Waals surface area contributed by atoms with Crippen LogP contribution in [0, 0.1) is 5.82 Å². The minimum Gasteiger partial charge on any atom is -0.437 e. The molecule has 1 aliphatic rings. The maximum atomic E-state index is 13.2. The van der Waals surface area contributed by atoms with Gasteiger partial charge in [-0.15, -0.1) is 0 Å². The Labute approximate surface area is 146 Å². The number of ether oxygens (including phenoxy) is 1. The number of piperidine rings is 1. The van der Waals surface area contributed by atoms with Crippen molar-refractivity contribution in [1.29, 1.82) is 0 Å². The van der Waals surface area contributed by atoms with Gasteiger partial charge >= 0.3 is 0 Å². The second-order valence-corrected chi connectivity index (χ2v) is 8.20. The van der Waals surface area contributed by atoms with E-state index in [1.807, 2.05) is 0 Å². The number of sulfonamides is 1. The van der Waals surface area contributed by atoms with Gasteiger partial charge in [-0.05, 0) is 31.9 Å². The first-order valence-corrected chi connectivity index (χ1v) is 9.82. The molecule has 2 aromatic rings. The highest BCUT2D eigenvalue weighted by atomic mass is 32.2. The summed E-state index contributed by atoms with van der Waals surface area (Å²) in [6.07, 6.45) is 4.71. The van der Waals surface area contributed by atoms with E-state index >= 15 is 0 Å². The van der Waals surface area contributed by atoms with Crippen molar-refractivity contribution in [3.63, 3.8) is 0 Å². The van der Waals surface area contributed by atoms with Crippen molar-refractivity contribution in [1.82, 2.24) is 14.3 Å². The van der Waals surface area contributed by atoms with E-state index in [4.69, 9.17) is 4.74 Å². The van der Waals surface area contributed by atoms with Gasteiger partial charge in [-0.1, -0.05) is 6.07 Å². The van der Waals surface area contributed by atoms with E-state index < -0.39 is 15.8 Å². The molecular formula is C17H20FN3O3S. The van der Waals surface area contributed by atoms with E-state index in [0.717, 1.165) is 12.8 Å². The second kappa shape index (κ2) is 7.45. The number of benzene rings is 1. The summed E-state index contributed by atoms with van der Waals surface area (Å²) in [7, 11) is -3.21. The molecule has 0 aliphatic carbocycles. The molecular weight excluding hydrogens is 345 g/mol. The first kappa shape index (κ1) is 17.8. The maximum absolute atomic E-state index is 13.2. The Morgan fingerprint density at radius 3 is 2.96 bits per heavy atom. The van der Waals surface area contributed by atoms with Gasteiger partial charge in [0.25, 0.3) is 0 Å². The van der Waals surface area contributed by atoms with Crippen molar-refractivity contribution in [2.75, 3.05) is 18.8 Å². The topological polar surface area (TPSA) is 72.4 Å². The molecule has 1 fully saturated rings. The molecule has 134 valence electrons. The predicted molar refractivity (Wildman–Crippen MR) is 91.5 cm³/mol. The van der Waals surface area contributed by atoms with Crippen molar-refractivity contribution in [3.05, 3.63) is 48.2 Å². The Bertz CT molecular complexity index is 845. The van der Waals surface area contributed by atoms with Crippen LogP contribution in [0.1, 0.15) is 31.4 Å². The number of hydrogen-bond acceptors (Lipinski definition) is 5. The van der Waals surface area contributed by atoms with Crippen molar-refractivity contribution in [2.24, 2.45) is 0 Å². The molecule has 25 heavy (non-hydrogen) atoms. The van der Waals surface area contributed by atoms with Gasteiger partial charge in [0.05, 0.1) is 17.6 Å². The zero-order valence-electron chi connectivity index (χ0n) is 13.9. The molecule has 8 heteroatoms. The van der Waals surface area contributed by atoms with Gasteiger partial charge in [-0.3, -0.25) is 4.98 Å². The van der Waals surface area contributed by atoms with Crippen LogP contribution in [-0.2, 0) is 10.0 Å². The van der Waals surface area contributed by atoms with Crippen LogP contribution in [0.15, 0.2) is 36.7 Å². The van der Waals surface area contributed by atoms with Crippen LogP contribution in [0.5, 0.6) is 11.6 Å². The van der Waals surface area contributed by atoms with E-state index in [0.29, 0.717) is 24.5 Å². The van der Waals surface area contributed by atoms with Crippen LogP contribution in [0.2, 0.25) is 0 Å². The number of hydrogen-bond donors (Lipinski definition) is 0. The molecule has 1 atom stereocenters.